The highest BCUT2D eigenvalue weighted by atomic mass is 35.5. The molecule has 0 rings (SSSR count). The molecule has 0 fully saturated rings. The molecule has 4 heteroatoms. The van der Waals surface area contributed by atoms with E-state index in [1.807, 2.05) is 0 Å². The predicted octanol–water partition coefficient (Wildman–Crippen LogP) is 0.453. The van der Waals surface area contributed by atoms with E-state index in [1.165, 1.54) is 0 Å². The molecule has 0 saturated carbocycles. The fourth-order valence-electron chi connectivity index (χ4n) is 0.541. The van der Waals surface area contributed by atoms with Gasteiger partial charge >= 0.3 is 0 Å². The molecule has 1 atom stereocenters. The largest absolute Gasteiger partial charge is 0.388 e. The quantitative estimate of drug-likeness (QED) is 0.458. The number of hydrogen-bond donors (Lipinski definition) is 1. The second-order valence-electron chi connectivity index (χ2n) is 1.99. The minimum Gasteiger partial charge on any atom is -0.388 e. The summed E-state index contributed by atoms with van der Waals surface area (Å²) < 4.78 is 9.81. The number of halogens is 1. The maximum Gasteiger partial charge on any atom is 0.101 e. The first-order valence-electron chi connectivity index (χ1n) is 3.50. The summed E-state index contributed by atoms with van der Waals surface area (Å²) in [5, 5.41) is 9.09. The minimum absolute atomic E-state index is 0.270. The molecule has 1 unspecified atom stereocenters. The van der Waals surface area contributed by atoms with Gasteiger partial charge in [-0.25, -0.2) is 0 Å². The highest BCUT2D eigenvalue weighted by Gasteiger charge is 2.02. The molecule has 11 heavy (non-hydrogen) atoms. The van der Waals surface area contributed by atoms with Gasteiger partial charge in [0, 0.05) is 12.5 Å². The van der Waals surface area contributed by atoms with Crippen LogP contribution in [0.1, 0.15) is 0 Å². The van der Waals surface area contributed by atoms with Gasteiger partial charge in [0.15, 0.2) is 0 Å². The van der Waals surface area contributed by atoms with Crippen LogP contribution >= 0.6 is 11.6 Å². The summed E-state index contributed by atoms with van der Waals surface area (Å²) in [6.07, 6.45) is -0.569. The van der Waals surface area contributed by atoms with Crippen LogP contribution in [0.4, 0.5) is 0 Å². The topological polar surface area (TPSA) is 38.7 Å². The molecule has 0 aliphatic carbocycles. The lowest BCUT2D eigenvalue weighted by molar-refractivity contribution is -0.00981. The zero-order chi connectivity index (χ0) is 8.53. The molecule has 0 spiro atoms. The van der Waals surface area contributed by atoms with Crippen LogP contribution < -0.4 is 0 Å². The molecule has 0 aromatic carbocycles. The second-order valence-corrected chi connectivity index (χ2v) is 2.37. The highest BCUT2D eigenvalue weighted by Crippen LogP contribution is 1.88. The number of ether oxygens (including phenoxy) is 2. The molecule has 0 aromatic rings. The summed E-state index contributed by atoms with van der Waals surface area (Å²) in [5.41, 5.74) is 0. The number of aliphatic hydroxyl groups is 1. The van der Waals surface area contributed by atoms with E-state index < -0.39 is 6.10 Å². The second kappa shape index (κ2) is 8.27. The summed E-state index contributed by atoms with van der Waals surface area (Å²) in [4.78, 5) is 0. The third-order valence-corrected chi connectivity index (χ3v) is 1.14. The van der Waals surface area contributed by atoms with Crippen LogP contribution in [-0.4, -0.2) is 43.5 Å². The molecular weight excluding hydrogens is 168 g/mol. The van der Waals surface area contributed by atoms with Crippen LogP contribution in [0.2, 0.25) is 0 Å². The lowest BCUT2D eigenvalue weighted by Gasteiger charge is -2.09. The number of hydrogen-bond acceptors (Lipinski definition) is 3. The number of rotatable bonds is 7. The third-order valence-electron chi connectivity index (χ3n) is 0.986. The third kappa shape index (κ3) is 8.07. The van der Waals surface area contributed by atoms with Crippen molar-refractivity contribution in [3.05, 3.63) is 6.92 Å². The highest BCUT2D eigenvalue weighted by molar-refractivity contribution is 6.17. The molecular formula is C7H14ClO3. The summed E-state index contributed by atoms with van der Waals surface area (Å²) in [7, 11) is 0. The zero-order valence-electron chi connectivity index (χ0n) is 6.46. The van der Waals surface area contributed by atoms with Crippen LogP contribution in [0.25, 0.3) is 0 Å². The monoisotopic (exact) mass is 181 g/mol. The van der Waals surface area contributed by atoms with Gasteiger partial charge in [-0.05, 0) is 6.92 Å². The summed E-state index contributed by atoms with van der Waals surface area (Å²) in [6, 6.07) is 0. The van der Waals surface area contributed by atoms with Crippen LogP contribution in [0, 0.1) is 6.92 Å². The molecule has 67 valence electrons. The van der Waals surface area contributed by atoms with Crippen molar-refractivity contribution in [1.29, 1.82) is 0 Å². The number of alkyl halides is 1. The van der Waals surface area contributed by atoms with Crippen molar-refractivity contribution >= 4 is 11.6 Å². The van der Waals surface area contributed by atoms with Crippen molar-refractivity contribution in [2.45, 2.75) is 6.10 Å². The van der Waals surface area contributed by atoms with E-state index in [9.17, 15) is 0 Å². The van der Waals surface area contributed by atoms with Crippen LogP contribution in [0.3, 0.4) is 0 Å². The van der Waals surface area contributed by atoms with Crippen LogP contribution in [0.5, 0.6) is 0 Å². The predicted molar refractivity (Wildman–Crippen MR) is 43.7 cm³/mol. The lowest BCUT2D eigenvalue weighted by atomic mass is 10.4. The van der Waals surface area contributed by atoms with Crippen molar-refractivity contribution in [3.63, 3.8) is 0 Å². The normalized spacial score (nSPS) is 13.4. The molecule has 1 N–H and O–H groups in total. The van der Waals surface area contributed by atoms with Gasteiger partial charge in [-0.1, -0.05) is 0 Å². The van der Waals surface area contributed by atoms with Crippen molar-refractivity contribution in [1.82, 2.24) is 0 Å². The van der Waals surface area contributed by atoms with Gasteiger partial charge in [0.05, 0.1) is 19.8 Å². The van der Waals surface area contributed by atoms with Crippen molar-refractivity contribution in [3.8, 4) is 0 Å². The fraction of sp³-hybridized carbons (Fsp3) is 0.857. The summed E-state index contributed by atoms with van der Waals surface area (Å²) in [6.45, 7) is 4.83. The summed E-state index contributed by atoms with van der Waals surface area (Å²) >= 11 is 5.34. The Balaban J connectivity index is 3.02. The number of aliphatic hydroxyl groups excluding tert-OH is 1. The zero-order valence-corrected chi connectivity index (χ0v) is 7.22. The van der Waals surface area contributed by atoms with Gasteiger partial charge in [0.2, 0.25) is 0 Å². The molecule has 0 aromatic heterocycles. The van der Waals surface area contributed by atoms with E-state index in [-0.39, 0.29) is 13.2 Å². The van der Waals surface area contributed by atoms with Crippen LogP contribution in [0.15, 0.2) is 0 Å². The van der Waals surface area contributed by atoms with E-state index in [1.54, 1.807) is 0 Å². The molecule has 1 radical (unpaired) electrons. The van der Waals surface area contributed by atoms with E-state index >= 15 is 0 Å². The first-order chi connectivity index (χ1) is 5.31. The Morgan fingerprint density at radius 3 is 2.55 bits per heavy atom. The van der Waals surface area contributed by atoms with Crippen molar-refractivity contribution < 1.29 is 14.6 Å². The van der Waals surface area contributed by atoms with Gasteiger partial charge in [-0.2, -0.15) is 0 Å². The molecule has 0 aliphatic rings. The Kier molecular flexibility index (Phi) is 8.40. The molecule has 0 aliphatic heterocycles. The lowest BCUT2D eigenvalue weighted by Crippen LogP contribution is -2.22. The van der Waals surface area contributed by atoms with E-state index in [0.29, 0.717) is 19.1 Å². The fourth-order valence-corrected chi connectivity index (χ4v) is 0.651. The van der Waals surface area contributed by atoms with Gasteiger partial charge in [-0.15, -0.1) is 11.6 Å². The van der Waals surface area contributed by atoms with E-state index in [0.717, 1.165) is 0 Å². The SMILES string of the molecule is [CH2]COCC(O)COCCCl. The maximum absolute atomic E-state index is 9.09. The van der Waals surface area contributed by atoms with E-state index in [4.69, 9.17) is 26.2 Å². The van der Waals surface area contributed by atoms with Gasteiger partial charge < -0.3 is 14.6 Å². The molecule has 0 bridgehead atoms. The van der Waals surface area contributed by atoms with Crippen molar-refractivity contribution in [2.24, 2.45) is 0 Å². The smallest absolute Gasteiger partial charge is 0.101 e. The van der Waals surface area contributed by atoms with Crippen molar-refractivity contribution in [2.75, 3.05) is 32.3 Å². The Morgan fingerprint density at radius 2 is 2.00 bits per heavy atom. The first-order valence-corrected chi connectivity index (χ1v) is 4.03. The maximum atomic E-state index is 9.09. The first kappa shape index (κ1) is 11.2. The van der Waals surface area contributed by atoms with Crippen LogP contribution in [-0.2, 0) is 9.47 Å². The summed E-state index contributed by atoms with van der Waals surface area (Å²) in [5.74, 6) is 0.447. The molecule has 0 saturated heterocycles. The Morgan fingerprint density at radius 1 is 1.36 bits per heavy atom. The average Bonchev–Trinajstić information content (AvgIpc) is 2.01. The Hall–Kier alpha value is 0.170. The van der Waals surface area contributed by atoms with Gasteiger partial charge in [0.25, 0.3) is 0 Å². The standard InChI is InChI=1S/C7H14ClO3/c1-2-10-5-7(9)6-11-4-3-8/h7,9H,1-6H2. The average molecular weight is 182 g/mol. The Bertz CT molecular complexity index is 80.1. The molecule has 0 heterocycles. The van der Waals surface area contributed by atoms with E-state index in [2.05, 4.69) is 6.92 Å². The minimum atomic E-state index is -0.569. The Labute approximate surface area is 72.3 Å². The van der Waals surface area contributed by atoms with Gasteiger partial charge in [0.1, 0.15) is 6.10 Å². The molecule has 0 amide bonds. The molecule has 3 nitrogen and oxygen atoms in total. The van der Waals surface area contributed by atoms with Gasteiger partial charge in [-0.3, -0.25) is 0 Å².